The van der Waals surface area contributed by atoms with Gasteiger partial charge in [-0.2, -0.15) is 0 Å². The summed E-state index contributed by atoms with van der Waals surface area (Å²) < 4.78 is 5.92. The van der Waals surface area contributed by atoms with Gasteiger partial charge < -0.3 is 10.2 Å². The number of nitrogens with zero attached hydrogens (tertiary/aromatic N) is 1. The number of hydrogen-bond donors (Lipinski definition) is 1. The molecule has 1 heterocycles. The number of para-hydroxylation sites is 1. The number of benzene rings is 1. The van der Waals surface area contributed by atoms with Crippen LogP contribution in [0.25, 0.3) is 11.0 Å². The molecular formula is C18H26N2O. The zero-order valence-corrected chi connectivity index (χ0v) is 13.1. The molecule has 1 aliphatic rings. The largest absolute Gasteiger partial charge is 0.461 e. The van der Waals surface area contributed by atoms with Crippen molar-refractivity contribution in [1.29, 1.82) is 0 Å². The first-order valence-electron chi connectivity index (χ1n) is 8.09. The van der Waals surface area contributed by atoms with E-state index in [0.717, 1.165) is 23.8 Å². The molecule has 114 valence electrons. The lowest BCUT2D eigenvalue weighted by Crippen LogP contribution is -2.34. The summed E-state index contributed by atoms with van der Waals surface area (Å²) in [5.74, 6) is 1.84. The number of rotatable bonds is 5. The van der Waals surface area contributed by atoms with Crippen LogP contribution in [0.1, 0.15) is 43.0 Å². The fourth-order valence-corrected chi connectivity index (χ4v) is 3.85. The van der Waals surface area contributed by atoms with Crippen molar-refractivity contribution in [3.63, 3.8) is 0 Å². The summed E-state index contributed by atoms with van der Waals surface area (Å²) in [5, 5.41) is 1.21. The van der Waals surface area contributed by atoms with Gasteiger partial charge in [0.1, 0.15) is 11.3 Å². The maximum Gasteiger partial charge on any atom is 0.134 e. The van der Waals surface area contributed by atoms with Crippen molar-refractivity contribution in [3.05, 3.63) is 35.6 Å². The molecule has 1 aliphatic carbocycles. The molecule has 3 rings (SSSR count). The summed E-state index contributed by atoms with van der Waals surface area (Å²) in [5.41, 5.74) is 8.36. The molecule has 1 atom stereocenters. The number of likely N-dealkylation sites (N-methyl/N-ethyl adjacent to an activating group) is 1. The molecule has 0 radical (unpaired) electrons. The maximum atomic E-state index is 6.12. The Morgan fingerprint density at radius 2 is 2.00 bits per heavy atom. The summed E-state index contributed by atoms with van der Waals surface area (Å²) in [6, 6.07) is 8.53. The van der Waals surface area contributed by atoms with Gasteiger partial charge in [0.05, 0.1) is 6.04 Å². The smallest absolute Gasteiger partial charge is 0.134 e. The lowest BCUT2D eigenvalue weighted by molar-refractivity contribution is 0.211. The van der Waals surface area contributed by atoms with E-state index < -0.39 is 0 Å². The van der Waals surface area contributed by atoms with Crippen LogP contribution in [0.15, 0.2) is 28.7 Å². The first-order chi connectivity index (χ1) is 10.2. The average molecular weight is 286 g/mol. The summed E-state index contributed by atoms with van der Waals surface area (Å²) in [6.07, 6.45) is 5.51. The number of aryl methyl sites for hydroxylation is 1. The van der Waals surface area contributed by atoms with E-state index >= 15 is 0 Å². The summed E-state index contributed by atoms with van der Waals surface area (Å²) >= 11 is 0. The van der Waals surface area contributed by atoms with Gasteiger partial charge in [0.25, 0.3) is 0 Å². The quantitative estimate of drug-likeness (QED) is 0.907. The van der Waals surface area contributed by atoms with E-state index in [-0.39, 0.29) is 6.04 Å². The monoisotopic (exact) mass is 286 g/mol. The van der Waals surface area contributed by atoms with E-state index in [4.69, 9.17) is 10.2 Å². The zero-order chi connectivity index (χ0) is 14.8. The van der Waals surface area contributed by atoms with Crippen molar-refractivity contribution in [1.82, 2.24) is 4.90 Å². The highest BCUT2D eigenvalue weighted by molar-refractivity contribution is 5.82. The van der Waals surface area contributed by atoms with Crippen LogP contribution in [0, 0.1) is 12.8 Å². The van der Waals surface area contributed by atoms with Crippen LogP contribution in [-0.2, 0) is 0 Å². The van der Waals surface area contributed by atoms with Crippen LogP contribution < -0.4 is 5.73 Å². The summed E-state index contributed by atoms with van der Waals surface area (Å²) in [6.45, 7) is 3.83. The van der Waals surface area contributed by atoms with Gasteiger partial charge >= 0.3 is 0 Å². The van der Waals surface area contributed by atoms with E-state index in [1.807, 2.05) is 12.1 Å². The Bertz CT molecular complexity index is 598. The van der Waals surface area contributed by atoms with Gasteiger partial charge in [-0.25, -0.2) is 0 Å². The van der Waals surface area contributed by atoms with E-state index in [1.54, 1.807) is 0 Å². The first kappa shape index (κ1) is 14.6. The van der Waals surface area contributed by atoms with Gasteiger partial charge in [0.15, 0.2) is 0 Å². The van der Waals surface area contributed by atoms with Crippen molar-refractivity contribution < 1.29 is 4.42 Å². The van der Waals surface area contributed by atoms with Crippen LogP contribution in [-0.4, -0.2) is 25.0 Å². The maximum absolute atomic E-state index is 6.12. The average Bonchev–Trinajstić information content (AvgIpc) is 3.08. The Morgan fingerprint density at radius 3 is 2.71 bits per heavy atom. The minimum Gasteiger partial charge on any atom is -0.461 e. The number of furan rings is 1. The highest BCUT2D eigenvalue weighted by atomic mass is 16.3. The first-order valence-corrected chi connectivity index (χ1v) is 8.09. The second kappa shape index (κ2) is 6.20. The molecule has 1 unspecified atom stereocenters. The standard InChI is InChI=1S/C18H26N2O/c1-13-18(15-9-5-6-10-17(15)21-13)16(11-19)20(2)12-14-7-3-4-8-14/h5-6,9-10,14,16H,3-4,7-8,11-12,19H2,1-2H3. The molecule has 3 heteroatoms. The fraction of sp³-hybridized carbons (Fsp3) is 0.556. The van der Waals surface area contributed by atoms with Crippen molar-refractivity contribution >= 4 is 11.0 Å². The van der Waals surface area contributed by atoms with Gasteiger partial charge in [0.2, 0.25) is 0 Å². The van der Waals surface area contributed by atoms with E-state index in [2.05, 4.69) is 31.0 Å². The van der Waals surface area contributed by atoms with Crippen LogP contribution in [0.5, 0.6) is 0 Å². The summed E-state index contributed by atoms with van der Waals surface area (Å²) in [7, 11) is 2.21. The van der Waals surface area contributed by atoms with Crippen molar-refractivity contribution in [2.75, 3.05) is 20.1 Å². The Kier molecular flexibility index (Phi) is 4.32. The van der Waals surface area contributed by atoms with Gasteiger partial charge in [-0.1, -0.05) is 31.0 Å². The molecule has 0 bridgehead atoms. The van der Waals surface area contributed by atoms with Crippen LogP contribution in [0.2, 0.25) is 0 Å². The van der Waals surface area contributed by atoms with E-state index in [9.17, 15) is 0 Å². The minimum atomic E-state index is 0.245. The molecule has 2 aromatic rings. The Balaban J connectivity index is 1.88. The molecule has 1 saturated carbocycles. The van der Waals surface area contributed by atoms with Crippen LogP contribution in [0.4, 0.5) is 0 Å². The Labute approximate surface area is 127 Å². The van der Waals surface area contributed by atoms with Crippen LogP contribution in [0.3, 0.4) is 0 Å². The van der Waals surface area contributed by atoms with Gasteiger partial charge in [0, 0.05) is 24.0 Å². The van der Waals surface area contributed by atoms with Gasteiger partial charge in [-0.3, -0.25) is 4.90 Å². The molecule has 0 saturated heterocycles. The highest BCUT2D eigenvalue weighted by Crippen LogP contribution is 2.34. The predicted molar refractivity (Wildman–Crippen MR) is 87.3 cm³/mol. The van der Waals surface area contributed by atoms with Crippen molar-refractivity contribution in [2.24, 2.45) is 11.7 Å². The van der Waals surface area contributed by atoms with Gasteiger partial charge in [-0.05, 0) is 38.8 Å². The molecule has 1 aromatic heterocycles. The SMILES string of the molecule is Cc1oc2ccccc2c1C(CN)N(C)CC1CCCC1. The lowest BCUT2D eigenvalue weighted by atomic mass is 10.00. The second-order valence-corrected chi connectivity index (χ2v) is 6.41. The second-order valence-electron chi connectivity index (χ2n) is 6.41. The summed E-state index contributed by atoms with van der Waals surface area (Å²) in [4.78, 5) is 2.43. The third kappa shape index (κ3) is 2.85. The third-order valence-corrected chi connectivity index (χ3v) is 4.93. The number of hydrogen-bond acceptors (Lipinski definition) is 3. The molecule has 1 aromatic carbocycles. The minimum absolute atomic E-state index is 0.245. The van der Waals surface area contributed by atoms with Crippen molar-refractivity contribution in [2.45, 2.75) is 38.6 Å². The molecular weight excluding hydrogens is 260 g/mol. The third-order valence-electron chi connectivity index (χ3n) is 4.93. The topological polar surface area (TPSA) is 42.4 Å². The van der Waals surface area contributed by atoms with Crippen molar-refractivity contribution in [3.8, 4) is 0 Å². The molecule has 2 N–H and O–H groups in total. The molecule has 0 amide bonds. The lowest BCUT2D eigenvalue weighted by Gasteiger charge is -2.29. The molecule has 1 fully saturated rings. The fourth-order valence-electron chi connectivity index (χ4n) is 3.85. The predicted octanol–water partition coefficient (Wildman–Crippen LogP) is 3.86. The Morgan fingerprint density at radius 1 is 1.29 bits per heavy atom. The number of nitrogens with two attached hydrogens (primary N) is 1. The molecule has 21 heavy (non-hydrogen) atoms. The molecule has 0 spiro atoms. The van der Waals surface area contributed by atoms with Gasteiger partial charge in [-0.15, -0.1) is 0 Å². The van der Waals surface area contributed by atoms with E-state index in [1.165, 1.54) is 36.6 Å². The van der Waals surface area contributed by atoms with Crippen LogP contribution >= 0.6 is 0 Å². The Hall–Kier alpha value is -1.32. The molecule has 0 aliphatic heterocycles. The molecule has 3 nitrogen and oxygen atoms in total. The number of fused-ring (bicyclic) bond motifs is 1. The highest BCUT2D eigenvalue weighted by Gasteiger charge is 2.25. The normalized spacial score (nSPS) is 17.9. The zero-order valence-electron chi connectivity index (χ0n) is 13.1. The van der Waals surface area contributed by atoms with E-state index in [0.29, 0.717) is 6.54 Å².